The quantitative estimate of drug-likeness (QED) is 0.122. The first-order valence-electron chi connectivity index (χ1n) is 35.4. The van der Waals surface area contributed by atoms with Crippen molar-refractivity contribution >= 4 is 21.8 Å². The van der Waals surface area contributed by atoms with Crippen molar-refractivity contribution in [2.24, 2.45) is 0 Å². The zero-order chi connectivity index (χ0) is 65.8. The fourth-order valence-electron chi connectivity index (χ4n) is 18.3. The number of hydrogen-bond acceptors (Lipinski definition) is 0. The molecule has 1 aromatic heterocycles. The molecule has 0 aliphatic heterocycles. The molecular weight excluding hydrogens is 1180 g/mol. The van der Waals surface area contributed by atoms with Crippen LogP contribution in [0.4, 0.5) is 0 Å². The summed E-state index contributed by atoms with van der Waals surface area (Å²) in [5.74, 6) is 0. The van der Waals surface area contributed by atoms with Crippen LogP contribution >= 0.6 is 0 Å². The van der Waals surface area contributed by atoms with Crippen molar-refractivity contribution in [3.05, 3.63) is 365 Å². The molecule has 0 fully saturated rings. The zero-order valence-corrected chi connectivity index (χ0v) is 56.5. The minimum Gasteiger partial charge on any atom is -0.309 e. The summed E-state index contributed by atoms with van der Waals surface area (Å²) in [7, 11) is 0. The lowest BCUT2D eigenvalue weighted by Gasteiger charge is -2.30. The highest BCUT2D eigenvalue weighted by atomic mass is 15.0. The van der Waals surface area contributed by atoms with E-state index in [1.807, 2.05) is 0 Å². The second-order valence-electron chi connectivity index (χ2n) is 29.5. The van der Waals surface area contributed by atoms with E-state index in [1.165, 1.54) is 178 Å². The van der Waals surface area contributed by atoms with E-state index in [0.29, 0.717) is 0 Å². The van der Waals surface area contributed by atoms with Gasteiger partial charge in [0.2, 0.25) is 0 Å². The number of aromatic nitrogens is 1. The van der Waals surface area contributed by atoms with E-state index in [9.17, 15) is 0 Å². The molecule has 0 bridgehead atoms. The maximum atomic E-state index is 2.53. The molecule has 1 heteroatoms. The Labute approximate surface area is 576 Å². The molecule has 0 radical (unpaired) electrons. The van der Waals surface area contributed by atoms with Crippen molar-refractivity contribution in [1.82, 2.24) is 4.57 Å². The van der Waals surface area contributed by atoms with Gasteiger partial charge in [-0.3, -0.25) is 0 Å². The van der Waals surface area contributed by atoms with E-state index >= 15 is 0 Å². The molecule has 4 aliphatic carbocycles. The Hall–Kier alpha value is -11.1. The van der Waals surface area contributed by atoms with Gasteiger partial charge in [-0.05, 0) is 234 Å². The molecule has 98 heavy (non-hydrogen) atoms. The molecule has 1 heterocycles. The summed E-state index contributed by atoms with van der Waals surface area (Å²) in [6, 6.07) is 119. The predicted molar refractivity (Wildman–Crippen MR) is 412 cm³/mol. The topological polar surface area (TPSA) is 4.93 Å². The van der Waals surface area contributed by atoms with E-state index < -0.39 is 10.8 Å². The third kappa shape index (κ3) is 8.32. The van der Waals surface area contributed by atoms with Crippen molar-refractivity contribution in [2.45, 2.75) is 82.5 Å². The Balaban J connectivity index is 0.733. The minimum absolute atomic E-state index is 0.0889. The fourth-order valence-corrected chi connectivity index (χ4v) is 18.3. The third-order valence-corrected chi connectivity index (χ3v) is 23.6. The first-order chi connectivity index (χ1) is 48.0. The molecule has 0 saturated heterocycles. The fraction of sp³-hybridized carbons (Fsp3) is 0.134. The van der Waals surface area contributed by atoms with E-state index in [1.54, 1.807) is 0 Å². The summed E-state index contributed by atoms with van der Waals surface area (Å²) in [4.78, 5) is 0. The summed E-state index contributed by atoms with van der Waals surface area (Å²) in [6.07, 6.45) is 3.41. The molecule has 0 amide bonds. The van der Waals surface area contributed by atoms with Gasteiger partial charge < -0.3 is 4.57 Å². The number of benzene rings is 14. The molecule has 0 unspecified atom stereocenters. The molecule has 468 valence electrons. The Morgan fingerprint density at radius 1 is 0.255 bits per heavy atom. The highest BCUT2D eigenvalue weighted by Crippen LogP contribution is 2.65. The molecule has 0 saturated carbocycles. The first-order valence-corrected chi connectivity index (χ1v) is 35.4. The average Bonchev–Trinajstić information content (AvgIpc) is 1.51. The molecule has 1 nitrogen and oxygen atoms in total. The molecular formula is C97H75N. The van der Waals surface area contributed by atoms with Gasteiger partial charge >= 0.3 is 0 Å². The van der Waals surface area contributed by atoms with Gasteiger partial charge in [0.1, 0.15) is 0 Å². The van der Waals surface area contributed by atoms with E-state index in [0.717, 1.165) is 24.9 Å². The average molecular weight is 1250 g/mol. The van der Waals surface area contributed by atoms with Crippen LogP contribution in [0.25, 0.3) is 128 Å². The highest BCUT2D eigenvalue weighted by Gasteiger charge is 2.53. The molecule has 0 atom stereocenters. The molecule has 14 aromatic carbocycles. The van der Waals surface area contributed by atoms with Gasteiger partial charge in [0.05, 0.1) is 21.9 Å². The van der Waals surface area contributed by atoms with Gasteiger partial charge in [0.15, 0.2) is 0 Å². The predicted octanol–water partition coefficient (Wildman–Crippen LogP) is 25.6. The van der Waals surface area contributed by atoms with Crippen LogP contribution in [-0.2, 0) is 21.7 Å². The van der Waals surface area contributed by atoms with Crippen LogP contribution in [0.15, 0.2) is 309 Å². The monoisotopic (exact) mass is 1250 g/mol. The lowest BCUT2D eigenvalue weighted by molar-refractivity contribution is 0.466. The smallest absolute Gasteiger partial charge is 0.0725 e. The van der Waals surface area contributed by atoms with Crippen LogP contribution in [0.5, 0.6) is 0 Å². The molecule has 2 spiro atoms. The minimum atomic E-state index is -0.433. The molecule has 4 aliphatic rings. The number of hydrogen-bond donors (Lipinski definition) is 0. The van der Waals surface area contributed by atoms with Crippen LogP contribution < -0.4 is 0 Å². The SMILES string of the molecule is CCCC(C)(C)c1cc(-c2ccc(-c3cccc(-c4ccc(-n5c6ccc(-c7ccc8c(c7)C7(c9ccccc9-c9ccccc97)c7ccccc7-8)cc6c6cc(-c7ccc8c(c7)C7(c9ccccc9-c9ccccc97)c7ccccc7-8)ccc65)cc4)c3)cc2)cc(C(C)(C)CC)c1. The second-order valence-corrected chi connectivity index (χ2v) is 29.5. The Kier molecular flexibility index (Phi) is 12.9. The highest BCUT2D eigenvalue weighted by molar-refractivity contribution is 6.12. The van der Waals surface area contributed by atoms with Gasteiger partial charge in [-0.1, -0.05) is 303 Å². The van der Waals surface area contributed by atoms with E-state index in [2.05, 4.69) is 355 Å². The zero-order valence-electron chi connectivity index (χ0n) is 56.5. The van der Waals surface area contributed by atoms with Crippen LogP contribution in [0, 0.1) is 0 Å². The van der Waals surface area contributed by atoms with Crippen LogP contribution in [0.2, 0.25) is 0 Å². The van der Waals surface area contributed by atoms with Gasteiger partial charge in [0, 0.05) is 16.5 Å². The Morgan fingerprint density at radius 2 is 0.571 bits per heavy atom. The normalized spacial score (nSPS) is 13.9. The molecule has 15 aromatic rings. The summed E-state index contributed by atoms with van der Waals surface area (Å²) in [5.41, 5.74) is 39.2. The van der Waals surface area contributed by atoms with Crippen LogP contribution in [0.3, 0.4) is 0 Å². The van der Waals surface area contributed by atoms with Crippen molar-refractivity contribution in [2.75, 3.05) is 0 Å². The second kappa shape index (κ2) is 21.7. The maximum Gasteiger partial charge on any atom is 0.0725 e. The van der Waals surface area contributed by atoms with Crippen LogP contribution in [-0.4, -0.2) is 4.57 Å². The summed E-state index contributed by atoms with van der Waals surface area (Å²) in [5, 5.41) is 2.44. The van der Waals surface area contributed by atoms with Gasteiger partial charge in [0.25, 0.3) is 0 Å². The third-order valence-electron chi connectivity index (χ3n) is 23.6. The lowest BCUT2D eigenvalue weighted by atomic mass is 9.70. The number of nitrogens with zero attached hydrogens (tertiary/aromatic N) is 1. The van der Waals surface area contributed by atoms with Crippen molar-refractivity contribution < 1.29 is 0 Å². The first kappa shape index (κ1) is 58.3. The van der Waals surface area contributed by atoms with Gasteiger partial charge in [-0.2, -0.15) is 0 Å². The lowest BCUT2D eigenvalue weighted by Crippen LogP contribution is -2.25. The van der Waals surface area contributed by atoms with Gasteiger partial charge in [-0.25, -0.2) is 0 Å². The van der Waals surface area contributed by atoms with Crippen LogP contribution in [0.1, 0.15) is 116 Å². The maximum absolute atomic E-state index is 2.53. The van der Waals surface area contributed by atoms with E-state index in [-0.39, 0.29) is 10.8 Å². The van der Waals surface area contributed by atoms with Crippen molar-refractivity contribution in [3.8, 4) is 106 Å². The largest absolute Gasteiger partial charge is 0.309 e. The van der Waals surface area contributed by atoms with Crippen molar-refractivity contribution in [3.63, 3.8) is 0 Å². The molecule has 0 N–H and O–H groups in total. The molecule has 19 rings (SSSR count). The van der Waals surface area contributed by atoms with Gasteiger partial charge in [-0.15, -0.1) is 0 Å². The van der Waals surface area contributed by atoms with E-state index in [4.69, 9.17) is 0 Å². The summed E-state index contributed by atoms with van der Waals surface area (Å²) in [6.45, 7) is 14.2. The Morgan fingerprint density at radius 3 is 0.959 bits per heavy atom. The summed E-state index contributed by atoms with van der Waals surface area (Å²) >= 11 is 0. The number of fused-ring (bicyclic) bond motifs is 23. The Bertz CT molecular complexity index is 5420. The summed E-state index contributed by atoms with van der Waals surface area (Å²) < 4.78 is 2.49. The standard InChI is InChI=1S/C97H75N/c1-7-52-95(5,6)72-55-70(54-71(60-72)94(3,4)8-2)63-38-36-61(37-39-63)64-22-21-23-65(53-64)62-40-46-73(47-41-62)98-92-50-44-66(68-42-48-80-78-28-13-19-34-88(78)96(90(80)58-68)84-30-15-9-24-74(84)75-25-10-16-31-85(75)96)56-82(92)83-57-67(45-51-93(83)98)69-43-49-81-79-29-14-20-35-89(79)97(91(81)59-69)86-32-17-11-26-76(86)77-27-12-18-33-87(77)97/h9-51,53-60H,7-8,52H2,1-6H3. The number of rotatable bonds is 11. The van der Waals surface area contributed by atoms with Crippen molar-refractivity contribution in [1.29, 1.82) is 0 Å².